The van der Waals surface area contributed by atoms with Crippen molar-refractivity contribution in [1.29, 1.82) is 0 Å². The minimum Gasteiger partial charge on any atom is -0.463 e. The van der Waals surface area contributed by atoms with Crippen LogP contribution in [0.25, 0.3) is 5.57 Å². The van der Waals surface area contributed by atoms with Crippen molar-refractivity contribution in [2.75, 3.05) is 26.3 Å². The average molecular weight is 634 g/mol. The van der Waals surface area contributed by atoms with Gasteiger partial charge in [-0.15, -0.1) is 0 Å². The van der Waals surface area contributed by atoms with E-state index in [9.17, 15) is 19.5 Å². The maximum Gasteiger partial charge on any atom is 0.411 e. The van der Waals surface area contributed by atoms with Crippen molar-refractivity contribution in [3.63, 3.8) is 0 Å². The molecule has 2 unspecified atom stereocenters. The summed E-state index contributed by atoms with van der Waals surface area (Å²) in [6, 6.07) is 6.27. The summed E-state index contributed by atoms with van der Waals surface area (Å²) in [6.07, 6.45) is 0.267. The first-order chi connectivity index (χ1) is 19.0. The number of aryl methyl sites for hydroxylation is 1. The summed E-state index contributed by atoms with van der Waals surface area (Å²) in [5.74, 6) is -0.597. The predicted molar refractivity (Wildman–Crippen MR) is 158 cm³/mol. The zero-order valence-corrected chi connectivity index (χ0v) is 26.6. The molecular formula is C29H39Cl3N2O7. The van der Waals surface area contributed by atoms with E-state index in [0.29, 0.717) is 6.42 Å². The molecule has 228 valence electrons. The number of carbonyl (C=O) groups excluding carboxylic acids is 3. The zero-order valence-electron chi connectivity index (χ0n) is 24.3. The smallest absolute Gasteiger partial charge is 0.411 e. The number of ether oxygens (including phenoxy) is 3. The van der Waals surface area contributed by atoms with Crippen molar-refractivity contribution in [3.8, 4) is 0 Å². The third kappa shape index (κ3) is 8.00. The first kappa shape index (κ1) is 33.3. The summed E-state index contributed by atoms with van der Waals surface area (Å²) in [5.41, 5.74) is 0.596. The quantitative estimate of drug-likeness (QED) is 0.226. The Hall–Kier alpha value is -2.20. The number of esters is 1. The minimum absolute atomic E-state index is 0.0268. The average Bonchev–Trinajstić information content (AvgIpc) is 2.84. The molecule has 1 fully saturated rings. The second-order valence-corrected chi connectivity index (χ2v) is 14.0. The number of aliphatic hydroxyl groups excluding tert-OH is 1. The van der Waals surface area contributed by atoms with Gasteiger partial charge in [0.25, 0.3) is 0 Å². The van der Waals surface area contributed by atoms with E-state index in [2.05, 4.69) is 0 Å². The van der Waals surface area contributed by atoms with Gasteiger partial charge in [-0.2, -0.15) is 0 Å². The van der Waals surface area contributed by atoms with Crippen LogP contribution in [-0.4, -0.2) is 86.4 Å². The fraction of sp³-hybridized carbons (Fsp3) is 0.621. The van der Waals surface area contributed by atoms with Gasteiger partial charge in [-0.05, 0) is 77.5 Å². The third-order valence-electron chi connectivity index (χ3n) is 6.96. The topological polar surface area (TPSA) is 106 Å². The highest BCUT2D eigenvalue weighted by atomic mass is 35.6. The number of piperazine rings is 1. The Balaban J connectivity index is 2.10. The molecule has 0 saturated carbocycles. The summed E-state index contributed by atoms with van der Waals surface area (Å²) >= 11 is 18.3. The monoisotopic (exact) mass is 632 g/mol. The lowest BCUT2D eigenvalue weighted by Gasteiger charge is -2.50. The van der Waals surface area contributed by atoms with Crippen LogP contribution < -0.4 is 0 Å². The van der Waals surface area contributed by atoms with Crippen LogP contribution in [0.2, 0.25) is 0 Å². The number of carbonyl (C=O) groups is 3. The fourth-order valence-electron chi connectivity index (χ4n) is 4.89. The number of halogens is 3. The van der Waals surface area contributed by atoms with E-state index >= 15 is 0 Å². The van der Waals surface area contributed by atoms with Gasteiger partial charge in [0.05, 0.1) is 24.3 Å². The highest BCUT2D eigenvalue weighted by Gasteiger charge is 2.52. The van der Waals surface area contributed by atoms with Crippen LogP contribution in [0.1, 0.15) is 65.5 Å². The van der Waals surface area contributed by atoms with Crippen molar-refractivity contribution in [2.24, 2.45) is 0 Å². The molecule has 12 heteroatoms. The van der Waals surface area contributed by atoms with E-state index in [0.717, 1.165) is 23.1 Å². The number of nitrogens with zero attached hydrogens (tertiary/aromatic N) is 2. The van der Waals surface area contributed by atoms with Crippen LogP contribution in [0.5, 0.6) is 0 Å². The van der Waals surface area contributed by atoms with Crippen LogP contribution in [0, 0.1) is 0 Å². The SMILES string of the molecule is CCOC(=O)C1=C(c2ccc(CCCO)cc2)CC2CN(C(=O)OC(C)(C)C)CC1N2C(=O)OC(C)(C)C(Cl)(Cl)Cl. The molecule has 3 rings (SSSR count). The second-order valence-electron chi connectivity index (χ2n) is 11.7. The van der Waals surface area contributed by atoms with Gasteiger partial charge >= 0.3 is 18.2 Å². The van der Waals surface area contributed by atoms with E-state index in [1.165, 1.54) is 23.6 Å². The molecule has 2 heterocycles. The van der Waals surface area contributed by atoms with Crippen molar-refractivity contribution in [3.05, 3.63) is 41.0 Å². The molecule has 2 atom stereocenters. The van der Waals surface area contributed by atoms with Crippen molar-refractivity contribution in [2.45, 2.75) is 87.9 Å². The van der Waals surface area contributed by atoms with Gasteiger partial charge in [0.1, 0.15) is 5.60 Å². The zero-order chi connectivity index (χ0) is 30.8. The first-order valence-electron chi connectivity index (χ1n) is 13.6. The summed E-state index contributed by atoms with van der Waals surface area (Å²) in [4.78, 5) is 43.3. The van der Waals surface area contributed by atoms with Crippen LogP contribution >= 0.6 is 34.8 Å². The molecule has 9 nitrogen and oxygen atoms in total. The number of amides is 2. The fourth-order valence-corrected chi connectivity index (χ4v) is 5.00. The molecule has 2 aliphatic heterocycles. The molecular weight excluding hydrogens is 595 g/mol. The molecule has 1 N–H and O–H groups in total. The van der Waals surface area contributed by atoms with Gasteiger partial charge in [-0.25, -0.2) is 14.4 Å². The molecule has 2 aliphatic rings. The Morgan fingerprint density at radius 3 is 2.15 bits per heavy atom. The van der Waals surface area contributed by atoms with Gasteiger partial charge in [-0.1, -0.05) is 59.1 Å². The summed E-state index contributed by atoms with van der Waals surface area (Å²) in [6.45, 7) is 10.3. The number of aliphatic hydroxyl groups is 1. The minimum atomic E-state index is -1.92. The highest BCUT2D eigenvalue weighted by molar-refractivity contribution is 6.68. The number of rotatable bonds is 7. The number of benzene rings is 1. The van der Waals surface area contributed by atoms with E-state index in [4.69, 9.17) is 49.0 Å². The normalized spacial score (nSPS) is 19.7. The van der Waals surface area contributed by atoms with Crippen LogP contribution in [0.4, 0.5) is 9.59 Å². The van der Waals surface area contributed by atoms with E-state index in [-0.39, 0.29) is 38.3 Å². The first-order valence-corrected chi connectivity index (χ1v) is 14.8. The van der Waals surface area contributed by atoms with E-state index in [1.54, 1.807) is 27.7 Å². The van der Waals surface area contributed by atoms with E-state index in [1.807, 2.05) is 24.3 Å². The molecule has 2 bridgehead atoms. The number of alkyl halides is 3. The van der Waals surface area contributed by atoms with Gasteiger partial charge in [0, 0.05) is 19.7 Å². The molecule has 0 radical (unpaired) electrons. The predicted octanol–water partition coefficient (Wildman–Crippen LogP) is 5.91. The van der Waals surface area contributed by atoms with Gasteiger partial charge in [0.2, 0.25) is 3.79 Å². The van der Waals surface area contributed by atoms with Crippen molar-refractivity contribution in [1.82, 2.24) is 9.80 Å². The second kappa shape index (κ2) is 13.0. The molecule has 1 aromatic carbocycles. The highest BCUT2D eigenvalue weighted by Crippen LogP contribution is 2.43. The summed E-state index contributed by atoms with van der Waals surface area (Å²) in [7, 11) is 0. The lowest BCUT2D eigenvalue weighted by molar-refractivity contribution is -0.140. The number of hydrogen-bond donors (Lipinski definition) is 1. The standard InChI is InChI=1S/C29H39Cl3N2O7/c1-7-39-24(36)23-21(19-12-10-18(11-13-19)9-8-14-35)15-20-16-33(25(37)40-27(2,3)4)17-22(23)34(20)26(38)41-28(5,6)29(30,31)32/h10-13,20,22,35H,7-9,14-17H2,1-6H3. The van der Waals surface area contributed by atoms with Gasteiger partial charge < -0.3 is 24.2 Å². The summed E-state index contributed by atoms with van der Waals surface area (Å²) < 4.78 is 14.9. The molecule has 1 aromatic rings. The lowest BCUT2D eigenvalue weighted by atomic mass is 9.82. The van der Waals surface area contributed by atoms with Crippen molar-refractivity contribution < 1.29 is 33.7 Å². The van der Waals surface area contributed by atoms with Crippen molar-refractivity contribution >= 4 is 58.5 Å². The molecule has 0 aliphatic carbocycles. The maximum atomic E-state index is 13.7. The van der Waals surface area contributed by atoms with Crippen LogP contribution in [0.15, 0.2) is 29.8 Å². The Bertz CT molecular complexity index is 1160. The Kier molecular flexibility index (Phi) is 10.5. The Morgan fingerprint density at radius 2 is 1.61 bits per heavy atom. The molecule has 0 aromatic heterocycles. The molecule has 0 spiro atoms. The van der Waals surface area contributed by atoms with Crippen LogP contribution in [-0.2, 0) is 25.4 Å². The molecule has 2 amide bonds. The van der Waals surface area contributed by atoms with Crippen LogP contribution in [0.3, 0.4) is 0 Å². The maximum absolute atomic E-state index is 13.7. The third-order valence-corrected chi connectivity index (χ3v) is 8.33. The summed E-state index contributed by atoms with van der Waals surface area (Å²) in [5, 5.41) is 9.17. The Labute approximate surface area is 256 Å². The van der Waals surface area contributed by atoms with Gasteiger partial charge in [0.15, 0.2) is 5.60 Å². The number of fused-ring (bicyclic) bond motifs is 2. The van der Waals surface area contributed by atoms with Gasteiger partial charge in [-0.3, -0.25) is 4.90 Å². The lowest BCUT2D eigenvalue weighted by Crippen LogP contribution is -2.66. The van der Waals surface area contributed by atoms with E-state index < -0.39 is 45.2 Å². The number of hydrogen-bond acceptors (Lipinski definition) is 7. The molecule has 41 heavy (non-hydrogen) atoms. The largest absolute Gasteiger partial charge is 0.463 e. The Morgan fingerprint density at radius 1 is 0.976 bits per heavy atom. The molecule has 1 saturated heterocycles.